The summed E-state index contributed by atoms with van der Waals surface area (Å²) in [7, 11) is -28.7. The van der Waals surface area contributed by atoms with E-state index >= 15 is 0 Å². The number of nitrogens with zero attached hydrogens (tertiary/aromatic N) is 4. The molecule has 0 radical (unpaired) electrons. The van der Waals surface area contributed by atoms with Crippen LogP contribution in [0, 0.1) is 11.8 Å². The second-order valence-electron chi connectivity index (χ2n) is 28.6. The summed E-state index contributed by atoms with van der Waals surface area (Å²) in [5.41, 5.74) is -0.553. The van der Waals surface area contributed by atoms with E-state index in [2.05, 4.69) is 60.7 Å². The van der Waals surface area contributed by atoms with Crippen molar-refractivity contribution in [3.8, 4) is 11.8 Å². The van der Waals surface area contributed by atoms with Crippen molar-refractivity contribution < 1.29 is 135 Å². The molecule has 50 heteroatoms. The molecule has 4 aliphatic heterocycles. The lowest BCUT2D eigenvalue weighted by atomic mass is 9.81. The smallest absolute Gasteiger partial charge is 0.390 e. The number of hydrogen-bond acceptors (Lipinski definition) is 27. The number of phosphoric acid groups is 4. The molecule has 5 unspecified atom stereocenters. The Kier molecular flexibility index (Phi) is 34.2. The first-order valence-electron chi connectivity index (χ1n) is 37.0. The van der Waals surface area contributed by atoms with E-state index in [-0.39, 0.29) is 103 Å². The van der Waals surface area contributed by atoms with Gasteiger partial charge in [-0.25, -0.2) is 27.8 Å². The molecular weight excluding hydrogens is 1730 g/mol. The third-order valence-electron chi connectivity index (χ3n) is 19.2. The van der Waals surface area contributed by atoms with Gasteiger partial charge in [0.15, 0.2) is 5.71 Å². The monoisotopic (exact) mass is 1830 g/mol. The van der Waals surface area contributed by atoms with Gasteiger partial charge in [-0.3, -0.25) is 66.0 Å². The number of fused-ring (bicyclic) bond motifs is 2. The molecule has 0 saturated carbocycles. The standard InChI is InChI=1S/C69H94N10O32P4S4/c1-6-76-50-26-24-45(118(100,101)102)34-47(50)68(2,3)56(76)20-10-7-11-21-57-69(4,5)48-35-46(119(103,104)105)25-27-51(48)77(57)32-15-9-13-23-60(84)73-49(65(87)72-29-14-8-12-22-58(82)70-30-16-18-43-38-78(66(88)74-63(43)85)61-36-52(80)54(108-61)40-106-112(90,91)92)42-117-116-33-28-59(83)71-31-17-19-44-39-79(67(89)75-64(44)86)62-37-53(81)55(109-62)41-107-114(96,97)111-115(98,99)110-113(93,94)95/h7,10-11,20-21,24-27,34-35,38-39,49,52-55,61-62,80-81H,6,8-9,12-16,18,22-23,28-33,36-37,40-42H2,1-5H3,(H13-,70,71,72,73,74,75,82,83,84,85,86,87,88,89,90,91,92,93,94,95,96,97,98,99,100,101,102,103,104,105)/p+1/t49?,52?,53?,54-,55-,61-,62-/m1/s1. The van der Waals surface area contributed by atoms with Crippen molar-refractivity contribution in [1.29, 1.82) is 0 Å². The second kappa shape index (κ2) is 41.8. The molecule has 9 atom stereocenters. The Morgan fingerprint density at radius 3 is 1.89 bits per heavy atom. The van der Waals surface area contributed by atoms with Crippen LogP contribution in [0.25, 0.3) is 0 Å². The molecule has 6 heterocycles. The molecule has 4 amide bonds. The Morgan fingerprint density at radius 2 is 1.26 bits per heavy atom. The van der Waals surface area contributed by atoms with Crippen LogP contribution in [-0.2, 0) is 102 Å². The maximum atomic E-state index is 13.9. The minimum atomic E-state index is -5.86. The van der Waals surface area contributed by atoms with Crippen LogP contribution in [0.5, 0.6) is 0 Å². The van der Waals surface area contributed by atoms with Gasteiger partial charge in [-0.15, -0.1) is 0 Å². The number of aryl methyl sites for hydroxylation is 1. The molecule has 0 bridgehead atoms. The van der Waals surface area contributed by atoms with Crippen molar-refractivity contribution in [3.05, 3.63) is 149 Å². The summed E-state index contributed by atoms with van der Waals surface area (Å²) in [5.74, 6) is 3.61. The van der Waals surface area contributed by atoms with Crippen LogP contribution < -0.4 is 48.7 Å². The number of aliphatic hydroxyl groups excluding tert-OH is 2. The molecule has 0 aliphatic carbocycles. The molecule has 2 aromatic carbocycles. The van der Waals surface area contributed by atoms with Crippen LogP contribution in [0.15, 0.2) is 114 Å². The summed E-state index contributed by atoms with van der Waals surface area (Å²) < 4.78 is 146. The van der Waals surface area contributed by atoms with E-state index in [9.17, 15) is 103 Å². The first kappa shape index (κ1) is 97.3. The lowest BCUT2D eigenvalue weighted by Gasteiger charge is -2.25. The van der Waals surface area contributed by atoms with E-state index in [1.54, 1.807) is 12.1 Å². The molecule has 656 valence electrons. The number of aromatic amines is 2. The third kappa shape index (κ3) is 28.2. The molecule has 2 aromatic heterocycles. The zero-order chi connectivity index (χ0) is 87.8. The Morgan fingerprint density at radius 1 is 0.672 bits per heavy atom. The minimum Gasteiger partial charge on any atom is -0.390 e. The zero-order valence-corrected chi connectivity index (χ0v) is 71.6. The quantitative estimate of drug-likeness (QED) is 0.00575. The number of aromatic nitrogens is 4. The molecule has 2 fully saturated rings. The van der Waals surface area contributed by atoms with Gasteiger partial charge in [0.05, 0.1) is 47.2 Å². The predicted molar refractivity (Wildman–Crippen MR) is 430 cm³/mol. The lowest BCUT2D eigenvalue weighted by Crippen LogP contribution is -2.48. The number of benzene rings is 2. The topological polar surface area (TPSA) is 627 Å². The van der Waals surface area contributed by atoms with Crippen molar-refractivity contribution in [2.45, 2.75) is 182 Å². The maximum Gasteiger partial charge on any atom is 0.490 e. The Bertz CT molecular complexity index is 5320. The molecule has 119 heavy (non-hydrogen) atoms. The number of carbonyl (C=O) groups excluding carboxylic acids is 4. The van der Waals surface area contributed by atoms with E-state index in [4.69, 9.17) is 29.0 Å². The molecule has 0 spiro atoms. The van der Waals surface area contributed by atoms with Crippen LogP contribution in [0.1, 0.15) is 146 Å². The van der Waals surface area contributed by atoms with Crippen molar-refractivity contribution in [3.63, 3.8) is 0 Å². The summed E-state index contributed by atoms with van der Waals surface area (Å²) in [5, 5.41) is 31.9. The van der Waals surface area contributed by atoms with Crippen LogP contribution in [0.2, 0.25) is 0 Å². The fourth-order valence-electron chi connectivity index (χ4n) is 13.4. The third-order valence-corrected chi connectivity index (χ3v) is 27.6. The van der Waals surface area contributed by atoms with Gasteiger partial charge in [0.25, 0.3) is 31.4 Å². The van der Waals surface area contributed by atoms with Gasteiger partial charge in [0.2, 0.25) is 29.3 Å². The summed E-state index contributed by atoms with van der Waals surface area (Å²) in [6.45, 7) is 9.02. The molecule has 16 N–H and O–H groups in total. The number of ether oxygens (including phenoxy) is 2. The predicted octanol–water partition coefficient (Wildman–Crippen LogP) is 3.23. The molecule has 8 rings (SSSR count). The number of anilines is 1. The highest BCUT2D eigenvalue weighted by atomic mass is 33.1. The van der Waals surface area contributed by atoms with Gasteiger partial charge in [0, 0.05) is 122 Å². The molecule has 4 aliphatic rings. The highest BCUT2D eigenvalue weighted by molar-refractivity contribution is 8.76. The van der Waals surface area contributed by atoms with Gasteiger partial charge in [0.1, 0.15) is 42.8 Å². The van der Waals surface area contributed by atoms with Gasteiger partial charge in [-0.1, -0.05) is 71.9 Å². The van der Waals surface area contributed by atoms with E-state index < -0.39 is 159 Å². The molecule has 42 nitrogen and oxygen atoms in total. The van der Waals surface area contributed by atoms with Crippen molar-refractivity contribution in [1.82, 2.24) is 40.4 Å². The number of hydrogen-bond donors (Lipinski definition) is 16. The first-order valence-corrected chi connectivity index (χ1v) is 48.4. The number of carbonyl (C=O) groups is 4. The number of unbranched alkanes of at least 4 members (excludes halogenated alkanes) is 4. The number of rotatable bonds is 43. The summed E-state index contributed by atoms with van der Waals surface area (Å²) in [6.07, 6.45) is 6.38. The SMILES string of the molecule is CCN1C(=CC=CC=CC2=[N+](CCCCCC(=O)NC(CSSCCC(=O)NCC#Cc3cn([C@H]4CC(O)[C@@H](COP(=O)(O)OP(=O)(O)OP(=O)(O)O)O4)c(=O)[nH]c3=O)C(=O)NCCCCCC(=O)NCCCc3cn([C@H]4CC(O)[C@@H](COP(=O)(O)O)O4)c(=O)[nH]c3=O)c3ccc(S(=O)(=O)O)cc3C2(C)C)C(C)(C)c2cc(S(=O)(=O)O)ccc21. The average molecular weight is 1830 g/mol. The maximum absolute atomic E-state index is 13.9. The molecule has 4 aromatic rings. The second-order valence-corrected chi connectivity index (χ2v) is 39.8. The van der Waals surface area contributed by atoms with Crippen molar-refractivity contribution in [2.24, 2.45) is 0 Å². The van der Waals surface area contributed by atoms with Gasteiger partial charge < -0.3 is 75.2 Å². The zero-order valence-electron chi connectivity index (χ0n) is 64.8. The van der Waals surface area contributed by atoms with Crippen molar-refractivity contribution in [2.75, 3.05) is 62.3 Å². The number of likely N-dealkylation sites (N-methyl/N-ethyl adjacent to an activating group) is 1. The summed E-state index contributed by atoms with van der Waals surface area (Å²) in [6, 6.07) is 7.82. The number of amides is 4. The number of nitrogens with one attached hydrogen (secondary N) is 6. The summed E-state index contributed by atoms with van der Waals surface area (Å²) >= 11 is 0. The largest absolute Gasteiger partial charge is 0.490 e. The van der Waals surface area contributed by atoms with Gasteiger partial charge in [-0.2, -0.15) is 30.0 Å². The number of phosphoric ester groups is 2. The highest BCUT2D eigenvalue weighted by Gasteiger charge is 2.47. The van der Waals surface area contributed by atoms with Crippen molar-refractivity contribution >= 4 is 114 Å². The fourth-order valence-corrected chi connectivity index (χ4v) is 19.9. The van der Waals surface area contributed by atoms with Gasteiger partial charge in [-0.05, 0) is 101 Å². The average Bonchev–Trinajstić information content (AvgIpc) is 1.59. The van der Waals surface area contributed by atoms with Crippen LogP contribution in [-0.4, -0.2) is 206 Å². The van der Waals surface area contributed by atoms with Crippen LogP contribution in [0.4, 0.5) is 11.4 Å². The number of allylic oxidation sites excluding steroid dienone is 6. The van der Waals surface area contributed by atoms with E-state index in [0.717, 1.165) is 38.0 Å². The van der Waals surface area contributed by atoms with E-state index in [1.165, 1.54) is 52.1 Å². The Hall–Kier alpha value is -7.19. The highest BCUT2D eigenvalue weighted by Crippen LogP contribution is 2.66. The Balaban J connectivity index is 0.840. The molecule has 2 saturated heterocycles. The fraction of sp³-hybridized carbons (Fsp3) is 0.522. The first-order chi connectivity index (χ1) is 55.6. The van der Waals surface area contributed by atoms with E-state index in [1.807, 2.05) is 74.6 Å². The molecular formula is C69H95N10O32P4S4+. The normalized spacial score (nSPS) is 20.7. The Labute approximate surface area is 689 Å². The van der Waals surface area contributed by atoms with Crippen LogP contribution >= 0.6 is 52.9 Å². The lowest BCUT2D eigenvalue weighted by molar-refractivity contribution is -0.438. The number of H-pyrrole nitrogens is 2. The minimum absolute atomic E-state index is 0.0106. The summed E-state index contributed by atoms with van der Waals surface area (Å²) in [4.78, 5) is 165. The van der Waals surface area contributed by atoms with Crippen LogP contribution in [0.3, 0.4) is 0 Å². The van der Waals surface area contributed by atoms with E-state index in [0.29, 0.717) is 62.9 Å². The number of aliphatic hydroxyl groups is 2. The van der Waals surface area contributed by atoms with Gasteiger partial charge >= 0.3 is 42.7 Å².